The number of ether oxygens (including phenoxy) is 1. The van der Waals surface area contributed by atoms with Crippen LogP contribution in [0.25, 0.3) is 0 Å². The van der Waals surface area contributed by atoms with Crippen LogP contribution in [0.4, 0.5) is 10.1 Å². The maximum atomic E-state index is 13.5. The minimum Gasteiger partial charge on any atom is -0.487 e. The zero-order valence-electron chi connectivity index (χ0n) is 8.99. The summed E-state index contributed by atoms with van der Waals surface area (Å²) in [6, 6.07) is 11.6. The van der Waals surface area contributed by atoms with E-state index in [1.165, 1.54) is 6.07 Å². The highest BCUT2D eigenvalue weighted by Gasteiger charge is 2.05. The lowest BCUT2D eigenvalue weighted by Crippen LogP contribution is -2.00. The second kappa shape index (κ2) is 5.06. The molecule has 0 radical (unpaired) electrons. The van der Waals surface area contributed by atoms with Crippen LogP contribution in [0, 0.1) is 5.82 Å². The molecule has 0 aliphatic rings. The van der Waals surface area contributed by atoms with Crippen LogP contribution in [0.5, 0.6) is 5.75 Å². The third-order valence-electron chi connectivity index (χ3n) is 2.32. The van der Waals surface area contributed by atoms with Crippen molar-refractivity contribution < 1.29 is 9.13 Å². The molecule has 2 aromatic rings. The third kappa shape index (κ3) is 2.88. The van der Waals surface area contributed by atoms with E-state index in [9.17, 15) is 4.39 Å². The molecule has 0 saturated heterocycles. The summed E-state index contributed by atoms with van der Waals surface area (Å²) in [4.78, 5) is 0. The average Bonchev–Trinajstić information content (AvgIpc) is 2.30. The zero-order valence-corrected chi connectivity index (χ0v) is 9.75. The number of rotatable bonds is 3. The first-order chi connectivity index (χ1) is 8.16. The van der Waals surface area contributed by atoms with E-state index in [0.717, 1.165) is 0 Å². The molecule has 0 bridgehead atoms. The van der Waals surface area contributed by atoms with Crippen molar-refractivity contribution in [2.45, 2.75) is 6.61 Å². The highest BCUT2D eigenvalue weighted by molar-refractivity contribution is 6.30. The smallest absolute Gasteiger partial charge is 0.142 e. The van der Waals surface area contributed by atoms with Gasteiger partial charge in [-0.2, -0.15) is 0 Å². The van der Waals surface area contributed by atoms with Crippen molar-refractivity contribution in [2.24, 2.45) is 0 Å². The lowest BCUT2D eigenvalue weighted by atomic mass is 10.2. The summed E-state index contributed by atoms with van der Waals surface area (Å²) >= 11 is 5.66. The third-order valence-corrected chi connectivity index (χ3v) is 2.55. The van der Waals surface area contributed by atoms with E-state index in [2.05, 4.69) is 0 Å². The van der Waals surface area contributed by atoms with Crippen LogP contribution in [0.3, 0.4) is 0 Å². The number of halogens is 2. The molecule has 0 atom stereocenters. The number of para-hydroxylation sites is 2. The highest BCUT2D eigenvalue weighted by Crippen LogP contribution is 2.22. The molecule has 2 rings (SSSR count). The molecular weight excluding hydrogens is 241 g/mol. The van der Waals surface area contributed by atoms with E-state index in [4.69, 9.17) is 22.1 Å². The van der Waals surface area contributed by atoms with Gasteiger partial charge in [0, 0.05) is 10.6 Å². The summed E-state index contributed by atoms with van der Waals surface area (Å²) in [5, 5.41) is 0.366. The Kier molecular flexibility index (Phi) is 3.49. The van der Waals surface area contributed by atoms with E-state index >= 15 is 0 Å². The second-order valence-corrected chi connectivity index (χ2v) is 4.00. The predicted octanol–water partition coefficient (Wildman–Crippen LogP) is 3.64. The normalized spacial score (nSPS) is 10.2. The van der Waals surface area contributed by atoms with Gasteiger partial charge in [-0.3, -0.25) is 0 Å². The number of anilines is 1. The van der Waals surface area contributed by atoms with E-state index in [0.29, 0.717) is 22.0 Å². The number of nitrogen functional groups attached to an aromatic ring is 1. The SMILES string of the molecule is Nc1ccccc1OCc1ccc(Cl)cc1F. The van der Waals surface area contributed by atoms with Crippen LogP contribution >= 0.6 is 11.6 Å². The van der Waals surface area contributed by atoms with Crippen molar-refractivity contribution in [2.75, 3.05) is 5.73 Å². The molecule has 4 heteroatoms. The molecule has 0 aliphatic heterocycles. The molecular formula is C13H11ClFNO. The molecule has 0 aromatic heterocycles. The van der Waals surface area contributed by atoms with Gasteiger partial charge in [0.2, 0.25) is 0 Å². The fourth-order valence-electron chi connectivity index (χ4n) is 1.41. The minimum atomic E-state index is -0.382. The fourth-order valence-corrected chi connectivity index (χ4v) is 1.57. The molecule has 88 valence electrons. The zero-order chi connectivity index (χ0) is 12.3. The van der Waals surface area contributed by atoms with Crippen molar-refractivity contribution >= 4 is 17.3 Å². The van der Waals surface area contributed by atoms with Gasteiger partial charge in [-0.25, -0.2) is 4.39 Å². The summed E-state index contributed by atoms with van der Waals surface area (Å²) in [7, 11) is 0. The Balaban J connectivity index is 2.10. The van der Waals surface area contributed by atoms with Gasteiger partial charge >= 0.3 is 0 Å². The summed E-state index contributed by atoms with van der Waals surface area (Å²) < 4.78 is 18.9. The van der Waals surface area contributed by atoms with E-state index < -0.39 is 0 Å². The van der Waals surface area contributed by atoms with E-state index in [-0.39, 0.29) is 12.4 Å². The minimum absolute atomic E-state index is 0.122. The van der Waals surface area contributed by atoms with E-state index in [1.54, 1.807) is 24.3 Å². The van der Waals surface area contributed by atoms with Gasteiger partial charge in [-0.15, -0.1) is 0 Å². The van der Waals surface area contributed by atoms with Gasteiger partial charge < -0.3 is 10.5 Å². The molecule has 0 aliphatic carbocycles. The van der Waals surface area contributed by atoms with Gasteiger partial charge in [0.1, 0.15) is 18.2 Å². The number of nitrogens with two attached hydrogens (primary N) is 1. The lowest BCUT2D eigenvalue weighted by Gasteiger charge is -2.09. The van der Waals surface area contributed by atoms with Gasteiger partial charge in [-0.1, -0.05) is 29.8 Å². The first-order valence-electron chi connectivity index (χ1n) is 5.08. The van der Waals surface area contributed by atoms with E-state index in [1.807, 2.05) is 12.1 Å². The van der Waals surface area contributed by atoms with Crippen LogP contribution in [0.15, 0.2) is 42.5 Å². The Morgan fingerprint density at radius 1 is 1.18 bits per heavy atom. The quantitative estimate of drug-likeness (QED) is 0.846. The molecule has 2 nitrogen and oxygen atoms in total. The Hall–Kier alpha value is -1.74. The Morgan fingerprint density at radius 2 is 1.94 bits per heavy atom. The topological polar surface area (TPSA) is 35.2 Å². The Morgan fingerprint density at radius 3 is 2.65 bits per heavy atom. The van der Waals surface area contributed by atoms with Crippen LogP contribution < -0.4 is 10.5 Å². The van der Waals surface area contributed by atoms with Gasteiger partial charge in [0.25, 0.3) is 0 Å². The van der Waals surface area contributed by atoms with Gasteiger partial charge in [0.05, 0.1) is 5.69 Å². The molecule has 0 fully saturated rings. The molecule has 0 amide bonds. The first-order valence-corrected chi connectivity index (χ1v) is 5.46. The number of hydrogen-bond donors (Lipinski definition) is 1. The molecule has 17 heavy (non-hydrogen) atoms. The summed E-state index contributed by atoms with van der Waals surface area (Å²) in [5.41, 5.74) is 6.68. The molecule has 0 unspecified atom stereocenters. The Labute approximate surface area is 104 Å². The summed E-state index contributed by atoms with van der Waals surface area (Å²) in [6.45, 7) is 0.122. The lowest BCUT2D eigenvalue weighted by molar-refractivity contribution is 0.301. The summed E-state index contributed by atoms with van der Waals surface area (Å²) in [5.74, 6) is 0.161. The van der Waals surface area contributed by atoms with Crippen LogP contribution in [0.1, 0.15) is 5.56 Å². The average molecular weight is 252 g/mol. The predicted molar refractivity (Wildman–Crippen MR) is 66.6 cm³/mol. The van der Waals surface area contributed by atoms with Crippen molar-refractivity contribution in [3.63, 3.8) is 0 Å². The van der Waals surface area contributed by atoms with Gasteiger partial charge in [0.15, 0.2) is 0 Å². The fraction of sp³-hybridized carbons (Fsp3) is 0.0769. The van der Waals surface area contributed by atoms with Crippen LogP contribution in [0.2, 0.25) is 5.02 Å². The maximum Gasteiger partial charge on any atom is 0.142 e. The number of benzene rings is 2. The van der Waals surface area contributed by atoms with Crippen molar-refractivity contribution in [1.82, 2.24) is 0 Å². The van der Waals surface area contributed by atoms with Crippen molar-refractivity contribution in [3.05, 3.63) is 58.9 Å². The van der Waals surface area contributed by atoms with Crippen LogP contribution in [-0.2, 0) is 6.61 Å². The van der Waals surface area contributed by atoms with Crippen molar-refractivity contribution in [1.29, 1.82) is 0 Å². The summed E-state index contributed by atoms with van der Waals surface area (Å²) in [6.07, 6.45) is 0. The first kappa shape index (κ1) is 11.7. The standard InChI is InChI=1S/C13H11ClFNO/c14-10-6-5-9(11(15)7-10)8-17-13-4-2-1-3-12(13)16/h1-7H,8,16H2. The highest BCUT2D eigenvalue weighted by atomic mass is 35.5. The van der Waals surface area contributed by atoms with Crippen molar-refractivity contribution in [3.8, 4) is 5.75 Å². The van der Waals surface area contributed by atoms with Gasteiger partial charge in [-0.05, 0) is 24.3 Å². The maximum absolute atomic E-state index is 13.5. The monoisotopic (exact) mass is 251 g/mol. The van der Waals surface area contributed by atoms with Crippen LogP contribution in [-0.4, -0.2) is 0 Å². The largest absolute Gasteiger partial charge is 0.487 e. The second-order valence-electron chi connectivity index (χ2n) is 3.56. The molecule has 0 heterocycles. The number of hydrogen-bond acceptors (Lipinski definition) is 2. The Bertz CT molecular complexity index is 531. The molecule has 2 N–H and O–H groups in total. The molecule has 0 spiro atoms. The molecule has 0 saturated carbocycles. The molecule has 2 aromatic carbocycles.